The Hall–Kier alpha value is -0.450. The van der Waals surface area contributed by atoms with Crippen LogP contribution in [0, 0.1) is 5.82 Å². The number of benzene rings is 1. The Morgan fingerprint density at radius 3 is 2.87 bits per heavy atom. The van der Waals surface area contributed by atoms with E-state index in [4.69, 9.17) is 4.74 Å². The molecule has 1 aromatic carbocycles. The van der Waals surface area contributed by atoms with Crippen LogP contribution in [0.1, 0.15) is 18.5 Å². The molecule has 1 atom stereocenters. The fourth-order valence-corrected chi connectivity index (χ4v) is 2.00. The van der Waals surface area contributed by atoms with Gasteiger partial charge in [0.15, 0.2) is 0 Å². The summed E-state index contributed by atoms with van der Waals surface area (Å²) in [4.78, 5) is 0. The van der Waals surface area contributed by atoms with E-state index in [0.29, 0.717) is 11.6 Å². The summed E-state index contributed by atoms with van der Waals surface area (Å²) in [6.07, 6.45) is 0. The van der Waals surface area contributed by atoms with Crippen molar-refractivity contribution in [3.8, 4) is 0 Å². The van der Waals surface area contributed by atoms with Crippen LogP contribution in [0.4, 0.5) is 4.39 Å². The molecule has 1 aliphatic heterocycles. The highest BCUT2D eigenvalue weighted by molar-refractivity contribution is 9.10. The van der Waals surface area contributed by atoms with Crippen LogP contribution >= 0.6 is 15.9 Å². The van der Waals surface area contributed by atoms with Gasteiger partial charge in [-0.05, 0) is 25.1 Å². The molecule has 0 amide bonds. The molecule has 1 aromatic rings. The summed E-state index contributed by atoms with van der Waals surface area (Å²) in [5.41, 5.74) is 0.691. The molecule has 0 bridgehead atoms. The van der Waals surface area contributed by atoms with E-state index in [1.54, 1.807) is 6.07 Å². The number of rotatable bonds is 3. The number of nitrogens with one attached hydrogen (secondary N) is 1. The van der Waals surface area contributed by atoms with Crippen molar-refractivity contribution in [2.75, 3.05) is 13.2 Å². The Morgan fingerprint density at radius 1 is 1.53 bits per heavy atom. The first kappa shape index (κ1) is 11.0. The van der Waals surface area contributed by atoms with Gasteiger partial charge in [-0.25, -0.2) is 4.39 Å². The highest BCUT2D eigenvalue weighted by Gasteiger charge is 2.21. The second-order valence-corrected chi connectivity index (χ2v) is 4.70. The van der Waals surface area contributed by atoms with Crippen LogP contribution in [-0.2, 0) is 4.74 Å². The van der Waals surface area contributed by atoms with Gasteiger partial charge in [-0.2, -0.15) is 0 Å². The molecule has 0 spiro atoms. The third-order valence-corrected chi connectivity index (χ3v) is 3.04. The zero-order valence-electron chi connectivity index (χ0n) is 8.47. The monoisotopic (exact) mass is 273 g/mol. The van der Waals surface area contributed by atoms with Gasteiger partial charge in [-0.1, -0.05) is 15.9 Å². The predicted molar refractivity (Wildman–Crippen MR) is 60.3 cm³/mol. The van der Waals surface area contributed by atoms with Gasteiger partial charge < -0.3 is 10.1 Å². The molecule has 0 aliphatic carbocycles. The van der Waals surface area contributed by atoms with Crippen LogP contribution < -0.4 is 5.32 Å². The van der Waals surface area contributed by atoms with Crippen molar-refractivity contribution >= 4 is 15.9 Å². The summed E-state index contributed by atoms with van der Waals surface area (Å²) in [7, 11) is 0. The van der Waals surface area contributed by atoms with Crippen molar-refractivity contribution in [1.82, 2.24) is 5.32 Å². The van der Waals surface area contributed by atoms with Crippen molar-refractivity contribution in [3.63, 3.8) is 0 Å². The fraction of sp³-hybridized carbons (Fsp3) is 0.455. The van der Waals surface area contributed by atoms with E-state index in [9.17, 15) is 4.39 Å². The topological polar surface area (TPSA) is 21.3 Å². The maximum absolute atomic E-state index is 13.5. The molecular formula is C11H13BrFNO. The van der Waals surface area contributed by atoms with Crippen molar-refractivity contribution in [3.05, 3.63) is 34.1 Å². The van der Waals surface area contributed by atoms with Gasteiger partial charge >= 0.3 is 0 Å². The molecule has 0 radical (unpaired) electrons. The van der Waals surface area contributed by atoms with Crippen molar-refractivity contribution in [2.24, 2.45) is 0 Å². The lowest BCUT2D eigenvalue weighted by Crippen LogP contribution is -2.46. The smallest absolute Gasteiger partial charge is 0.128 e. The van der Waals surface area contributed by atoms with E-state index in [0.717, 1.165) is 17.7 Å². The molecule has 1 fully saturated rings. The molecule has 0 saturated carbocycles. The van der Waals surface area contributed by atoms with Gasteiger partial charge in [-0.3, -0.25) is 0 Å². The van der Waals surface area contributed by atoms with Gasteiger partial charge in [-0.15, -0.1) is 0 Å². The van der Waals surface area contributed by atoms with E-state index in [-0.39, 0.29) is 11.9 Å². The second kappa shape index (κ2) is 4.60. The van der Waals surface area contributed by atoms with Crippen LogP contribution in [0.15, 0.2) is 22.7 Å². The lowest BCUT2D eigenvalue weighted by Gasteiger charge is -2.30. The maximum Gasteiger partial charge on any atom is 0.128 e. The first-order valence-electron chi connectivity index (χ1n) is 4.95. The van der Waals surface area contributed by atoms with Crippen LogP contribution in [-0.4, -0.2) is 19.3 Å². The first-order chi connectivity index (χ1) is 7.16. The number of hydrogen-bond donors (Lipinski definition) is 1. The fourth-order valence-electron chi connectivity index (χ4n) is 1.62. The molecule has 1 unspecified atom stereocenters. The highest BCUT2D eigenvalue weighted by atomic mass is 79.9. The minimum atomic E-state index is -0.168. The summed E-state index contributed by atoms with van der Waals surface area (Å²) >= 11 is 3.34. The summed E-state index contributed by atoms with van der Waals surface area (Å²) in [5.74, 6) is -0.168. The minimum absolute atomic E-state index is 0.0106. The molecule has 0 aromatic heterocycles. The third kappa shape index (κ3) is 2.56. The Kier molecular flexibility index (Phi) is 3.38. The molecule has 1 N–H and O–H groups in total. The van der Waals surface area contributed by atoms with Gasteiger partial charge in [0.25, 0.3) is 0 Å². The summed E-state index contributed by atoms with van der Waals surface area (Å²) in [6, 6.07) is 5.37. The third-order valence-electron chi connectivity index (χ3n) is 2.55. The molecular weight excluding hydrogens is 261 g/mol. The average molecular weight is 274 g/mol. The highest BCUT2D eigenvalue weighted by Crippen LogP contribution is 2.22. The quantitative estimate of drug-likeness (QED) is 0.914. The van der Waals surface area contributed by atoms with Gasteiger partial charge in [0.1, 0.15) is 5.82 Å². The molecule has 15 heavy (non-hydrogen) atoms. The zero-order valence-corrected chi connectivity index (χ0v) is 10.1. The summed E-state index contributed by atoms with van der Waals surface area (Å²) in [5, 5.41) is 3.31. The number of hydrogen-bond acceptors (Lipinski definition) is 2. The average Bonchev–Trinajstić information content (AvgIpc) is 2.15. The van der Waals surface area contributed by atoms with Crippen molar-refractivity contribution in [1.29, 1.82) is 0 Å². The van der Waals surface area contributed by atoms with E-state index in [1.807, 2.05) is 13.0 Å². The molecule has 1 aliphatic rings. The van der Waals surface area contributed by atoms with E-state index in [2.05, 4.69) is 21.2 Å². The number of ether oxygens (including phenoxy) is 1. The Morgan fingerprint density at radius 2 is 2.27 bits per heavy atom. The zero-order chi connectivity index (χ0) is 10.8. The van der Waals surface area contributed by atoms with Gasteiger partial charge in [0.2, 0.25) is 0 Å². The van der Waals surface area contributed by atoms with Crippen LogP contribution in [0.25, 0.3) is 0 Å². The second-order valence-electron chi connectivity index (χ2n) is 3.79. The molecule has 1 heterocycles. The van der Waals surface area contributed by atoms with E-state index in [1.165, 1.54) is 6.07 Å². The summed E-state index contributed by atoms with van der Waals surface area (Å²) < 4.78 is 19.5. The van der Waals surface area contributed by atoms with Gasteiger partial charge in [0.05, 0.1) is 19.3 Å². The van der Waals surface area contributed by atoms with Crippen molar-refractivity contribution < 1.29 is 9.13 Å². The van der Waals surface area contributed by atoms with Crippen LogP contribution in [0.3, 0.4) is 0 Å². The van der Waals surface area contributed by atoms with E-state index >= 15 is 0 Å². The minimum Gasteiger partial charge on any atom is -0.378 e. The lowest BCUT2D eigenvalue weighted by molar-refractivity contribution is -0.00940. The number of halogens is 2. The Balaban J connectivity index is 2.09. The molecule has 4 heteroatoms. The molecule has 1 saturated heterocycles. The van der Waals surface area contributed by atoms with Crippen molar-refractivity contribution in [2.45, 2.75) is 19.0 Å². The Bertz CT molecular complexity index is 354. The predicted octanol–water partition coefficient (Wildman–Crippen LogP) is 2.64. The maximum atomic E-state index is 13.5. The van der Waals surface area contributed by atoms with E-state index < -0.39 is 0 Å². The molecule has 2 nitrogen and oxygen atoms in total. The first-order valence-corrected chi connectivity index (χ1v) is 5.75. The van der Waals surface area contributed by atoms with Gasteiger partial charge in [0, 0.05) is 16.1 Å². The Labute approximate surface area is 96.9 Å². The summed E-state index contributed by atoms with van der Waals surface area (Å²) in [6.45, 7) is 3.41. The molecule has 2 rings (SSSR count). The standard InChI is InChI=1S/C11H13BrFNO/c1-7(14-9-5-15-6-9)10-4-8(12)2-3-11(10)13/h2-4,7,9,14H,5-6H2,1H3. The lowest BCUT2D eigenvalue weighted by atomic mass is 10.1. The van der Waals surface area contributed by atoms with Crippen LogP contribution in [0.5, 0.6) is 0 Å². The SMILES string of the molecule is CC(NC1COC1)c1cc(Br)ccc1F. The largest absolute Gasteiger partial charge is 0.378 e. The van der Waals surface area contributed by atoms with Crippen LogP contribution in [0.2, 0.25) is 0 Å². The molecule has 82 valence electrons. The normalized spacial score (nSPS) is 18.6.